The molecule has 0 fully saturated rings. The predicted molar refractivity (Wildman–Crippen MR) is 128 cm³/mol. The molecule has 1 unspecified atom stereocenters. The SMILES string of the molecule is O=C(NC(Cc1cnc(=O)[nH]c1NCc1c(Cl)cccc1Cl)C(=O)O)c1c(Cl)cccc1Cl. The van der Waals surface area contributed by atoms with Crippen LogP contribution in [0.2, 0.25) is 20.1 Å². The molecule has 33 heavy (non-hydrogen) atoms. The van der Waals surface area contributed by atoms with E-state index in [2.05, 4.69) is 20.6 Å². The highest BCUT2D eigenvalue weighted by Gasteiger charge is 2.25. The van der Waals surface area contributed by atoms with Crippen molar-refractivity contribution in [3.05, 3.63) is 89.9 Å². The first-order valence-electron chi connectivity index (χ1n) is 9.40. The molecule has 1 heterocycles. The molecule has 2 aromatic carbocycles. The van der Waals surface area contributed by atoms with Gasteiger partial charge in [0.2, 0.25) is 0 Å². The van der Waals surface area contributed by atoms with Gasteiger partial charge in [-0.05, 0) is 24.3 Å². The topological polar surface area (TPSA) is 124 Å². The normalized spacial score (nSPS) is 11.6. The van der Waals surface area contributed by atoms with Crippen LogP contribution in [0.15, 0.2) is 47.4 Å². The number of carboxylic acids is 1. The van der Waals surface area contributed by atoms with Crippen LogP contribution in [-0.2, 0) is 17.8 Å². The zero-order valence-electron chi connectivity index (χ0n) is 16.7. The Labute approximate surface area is 207 Å². The molecule has 0 saturated carbocycles. The van der Waals surface area contributed by atoms with Gasteiger partial charge < -0.3 is 15.7 Å². The molecule has 0 radical (unpaired) electrons. The van der Waals surface area contributed by atoms with Crippen LogP contribution in [0.1, 0.15) is 21.5 Å². The van der Waals surface area contributed by atoms with Crippen molar-refractivity contribution >= 4 is 64.1 Å². The van der Waals surface area contributed by atoms with Crippen LogP contribution in [-0.4, -0.2) is 33.0 Å². The number of aromatic amines is 1. The fourth-order valence-electron chi connectivity index (χ4n) is 2.98. The van der Waals surface area contributed by atoms with E-state index in [9.17, 15) is 19.5 Å². The van der Waals surface area contributed by atoms with Crippen LogP contribution in [0.4, 0.5) is 5.82 Å². The zero-order chi connectivity index (χ0) is 24.1. The third kappa shape index (κ3) is 6.17. The first-order chi connectivity index (χ1) is 15.7. The molecule has 0 spiro atoms. The molecule has 8 nitrogen and oxygen atoms in total. The Morgan fingerprint density at radius 1 is 1.00 bits per heavy atom. The maximum atomic E-state index is 12.7. The molecule has 3 rings (SSSR count). The maximum Gasteiger partial charge on any atom is 0.346 e. The number of anilines is 1. The summed E-state index contributed by atoms with van der Waals surface area (Å²) in [5.41, 5.74) is 0.222. The Balaban J connectivity index is 1.83. The lowest BCUT2D eigenvalue weighted by Gasteiger charge is -2.18. The number of rotatable bonds is 8. The highest BCUT2D eigenvalue weighted by Crippen LogP contribution is 2.26. The first kappa shape index (κ1) is 24.9. The molecule has 12 heteroatoms. The quantitative estimate of drug-likeness (QED) is 0.342. The second kappa shape index (κ2) is 10.9. The molecule has 0 saturated heterocycles. The Bertz CT molecular complexity index is 1220. The van der Waals surface area contributed by atoms with E-state index in [1.54, 1.807) is 24.3 Å². The van der Waals surface area contributed by atoms with Crippen molar-refractivity contribution in [2.75, 3.05) is 5.32 Å². The summed E-state index contributed by atoms with van der Waals surface area (Å²) in [6.07, 6.45) is 1.02. The number of nitrogens with zero attached hydrogens (tertiary/aromatic N) is 1. The summed E-state index contributed by atoms with van der Waals surface area (Å²) in [6.45, 7) is 0.144. The van der Waals surface area contributed by atoms with Gasteiger partial charge in [0.15, 0.2) is 0 Å². The van der Waals surface area contributed by atoms with E-state index < -0.39 is 23.6 Å². The summed E-state index contributed by atoms with van der Waals surface area (Å²) < 4.78 is 0. The number of aliphatic carboxylic acids is 1. The van der Waals surface area contributed by atoms with Crippen molar-refractivity contribution in [3.63, 3.8) is 0 Å². The van der Waals surface area contributed by atoms with Gasteiger partial charge in [0, 0.05) is 40.3 Å². The van der Waals surface area contributed by atoms with Crippen LogP contribution in [0, 0.1) is 0 Å². The minimum absolute atomic E-state index is 0.0432. The number of aromatic nitrogens is 2. The molecular formula is C21H16Cl4N4O4. The van der Waals surface area contributed by atoms with Crippen molar-refractivity contribution in [2.24, 2.45) is 0 Å². The lowest BCUT2D eigenvalue weighted by molar-refractivity contribution is -0.139. The molecule has 1 amide bonds. The predicted octanol–water partition coefficient (Wildman–Crippen LogP) is 4.42. The molecule has 0 bridgehead atoms. The zero-order valence-corrected chi connectivity index (χ0v) is 19.7. The molecule has 1 atom stereocenters. The van der Waals surface area contributed by atoms with Crippen LogP contribution in [0.3, 0.4) is 0 Å². The Morgan fingerprint density at radius 2 is 1.58 bits per heavy atom. The summed E-state index contributed by atoms with van der Waals surface area (Å²) in [5, 5.41) is 16.0. The third-order valence-electron chi connectivity index (χ3n) is 4.61. The number of hydrogen-bond donors (Lipinski definition) is 4. The lowest BCUT2D eigenvalue weighted by Crippen LogP contribution is -2.42. The summed E-state index contributed by atoms with van der Waals surface area (Å²) >= 11 is 24.4. The van der Waals surface area contributed by atoms with Gasteiger partial charge in [-0.3, -0.25) is 9.78 Å². The van der Waals surface area contributed by atoms with E-state index in [0.29, 0.717) is 21.2 Å². The average molecular weight is 530 g/mol. The first-order valence-corrected chi connectivity index (χ1v) is 10.9. The number of amides is 1. The monoisotopic (exact) mass is 528 g/mol. The second-order valence-electron chi connectivity index (χ2n) is 6.81. The van der Waals surface area contributed by atoms with Crippen molar-refractivity contribution in [3.8, 4) is 0 Å². The number of hydrogen-bond acceptors (Lipinski definition) is 5. The van der Waals surface area contributed by atoms with E-state index in [4.69, 9.17) is 46.4 Å². The van der Waals surface area contributed by atoms with Gasteiger partial charge in [0.25, 0.3) is 5.91 Å². The van der Waals surface area contributed by atoms with Crippen molar-refractivity contribution < 1.29 is 14.7 Å². The summed E-state index contributed by atoms with van der Waals surface area (Å²) in [6, 6.07) is 8.14. The summed E-state index contributed by atoms with van der Waals surface area (Å²) in [7, 11) is 0. The summed E-state index contributed by atoms with van der Waals surface area (Å²) in [4.78, 5) is 42.5. The lowest BCUT2D eigenvalue weighted by atomic mass is 10.1. The van der Waals surface area contributed by atoms with E-state index in [-0.39, 0.29) is 34.4 Å². The van der Waals surface area contributed by atoms with Gasteiger partial charge in [-0.25, -0.2) is 14.6 Å². The fourth-order valence-corrected chi connectivity index (χ4v) is 4.08. The molecule has 4 N–H and O–H groups in total. The largest absolute Gasteiger partial charge is 0.480 e. The number of carbonyl (C=O) groups excluding carboxylic acids is 1. The maximum absolute atomic E-state index is 12.7. The molecule has 1 aromatic heterocycles. The van der Waals surface area contributed by atoms with Gasteiger partial charge in [-0.1, -0.05) is 58.5 Å². The number of nitrogens with one attached hydrogen (secondary N) is 3. The van der Waals surface area contributed by atoms with Crippen LogP contribution in [0.25, 0.3) is 0 Å². The van der Waals surface area contributed by atoms with Crippen molar-refractivity contribution in [1.82, 2.24) is 15.3 Å². The van der Waals surface area contributed by atoms with E-state index in [1.165, 1.54) is 18.3 Å². The second-order valence-corrected chi connectivity index (χ2v) is 8.44. The molecular weight excluding hydrogens is 514 g/mol. The number of carboxylic acid groups (broad SMARTS) is 1. The minimum atomic E-state index is -1.37. The molecule has 0 aliphatic heterocycles. The van der Waals surface area contributed by atoms with Gasteiger partial charge in [0.05, 0.1) is 15.6 Å². The average Bonchev–Trinajstić information content (AvgIpc) is 2.74. The van der Waals surface area contributed by atoms with Crippen LogP contribution < -0.4 is 16.3 Å². The highest BCUT2D eigenvalue weighted by atomic mass is 35.5. The highest BCUT2D eigenvalue weighted by molar-refractivity contribution is 6.39. The fraction of sp³-hybridized carbons (Fsp3) is 0.143. The Morgan fingerprint density at radius 3 is 2.15 bits per heavy atom. The standard InChI is InChI=1S/C21H16Cl4N4O4/c22-12-3-1-4-13(23)11(12)9-26-18-10(8-27-21(33)29-18)7-16(20(31)32)28-19(30)17-14(24)5-2-6-15(17)25/h1-6,8,16H,7,9H2,(H,28,30)(H,31,32)(H2,26,27,29,33). The van der Waals surface area contributed by atoms with E-state index in [0.717, 1.165) is 0 Å². The van der Waals surface area contributed by atoms with Gasteiger partial charge in [0.1, 0.15) is 11.9 Å². The Kier molecular flexibility index (Phi) is 8.20. The molecule has 0 aliphatic rings. The smallest absolute Gasteiger partial charge is 0.346 e. The van der Waals surface area contributed by atoms with Gasteiger partial charge in [-0.15, -0.1) is 0 Å². The summed E-state index contributed by atoms with van der Waals surface area (Å²) in [5.74, 6) is -1.85. The van der Waals surface area contributed by atoms with Crippen LogP contribution in [0.5, 0.6) is 0 Å². The third-order valence-corrected chi connectivity index (χ3v) is 5.95. The van der Waals surface area contributed by atoms with Crippen molar-refractivity contribution in [2.45, 2.75) is 19.0 Å². The Hall–Kier alpha value is -2.78. The van der Waals surface area contributed by atoms with E-state index in [1.807, 2.05) is 0 Å². The van der Waals surface area contributed by atoms with Crippen LogP contribution >= 0.6 is 46.4 Å². The number of halogens is 4. The number of benzene rings is 2. The molecule has 172 valence electrons. The van der Waals surface area contributed by atoms with Gasteiger partial charge >= 0.3 is 11.7 Å². The molecule has 0 aliphatic carbocycles. The number of carbonyl (C=O) groups is 2. The van der Waals surface area contributed by atoms with Crippen molar-refractivity contribution in [1.29, 1.82) is 0 Å². The van der Waals surface area contributed by atoms with Gasteiger partial charge in [-0.2, -0.15) is 0 Å². The molecule has 3 aromatic rings. The minimum Gasteiger partial charge on any atom is -0.480 e. The number of H-pyrrole nitrogens is 1. The van der Waals surface area contributed by atoms with E-state index >= 15 is 0 Å².